The van der Waals surface area contributed by atoms with Crippen molar-refractivity contribution in [1.29, 1.82) is 0 Å². The lowest BCUT2D eigenvalue weighted by atomic mass is 10.1. The lowest BCUT2D eigenvalue weighted by Crippen LogP contribution is -2.02. The van der Waals surface area contributed by atoms with Gasteiger partial charge in [-0.25, -0.2) is 4.79 Å². The molecule has 1 aromatic heterocycles. The van der Waals surface area contributed by atoms with Gasteiger partial charge < -0.3 is 4.42 Å². The van der Waals surface area contributed by atoms with E-state index in [1.165, 1.54) is 0 Å². The summed E-state index contributed by atoms with van der Waals surface area (Å²) in [5.74, 6) is 0.610. The van der Waals surface area contributed by atoms with Gasteiger partial charge >= 0.3 is 5.63 Å². The van der Waals surface area contributed by atoms with Gasteiger partial charge in [-0.05, 0) is 23.9 Å². The fourth-order valence-electron chi connectivity index (χ4n) is 2.16. The molecule has 1 heterocycles. The first kappa shape index (κ1) is 10.8. The van der Waals surface area contributed by atoms with Crippen molar-refractivity contribution in [3.8, 4) is 11.3 Å². The highest BCUT2D eigenvalue weighted by molar-refractivity contribution is 5.86. The molecule has 0 aliphatic carbocycles. The van der Waals surface area contributed by atoms with Crippen LogP contribution in [0.5, 0.6) is 0 Å². The molecular formula is C16H12O2. The normalized spacial score (nSPS) is 10.7. The standard InChI is InChI=1S/C16H12O2/c1-11-6-5-9-13-10-14(18-16(17)15(11)13)12-7-3-2-4-8-12/h2-10H,1H3. The highest BCUT2D eigenvalue weighted by Gasteiger charge is 2.07. The van der Waals surface area contributed by atoms with Gasteiger partial charge in [-0.3, -0.25) is 0 Å². The molecule has 0 aliphatic rings. The van der Waals surface area contributed by atoms with E-state index < -0.39 is 0 Å². The van der Waals surface area contributed by atoms with Gasteiger partial charge in [0.25, 0.3) is 0 Å². The van der Waals surface area contributed by atoms with Crippen LogP contribution in [0, 0.1) is 6.92 Å². The Morgan fingerprint density at radius 3 is 2.50 bits per heavy atom. The Balaban J connectivity index is 2.33. The second kappa shape index (κ2) is 4.15. The molecule has 3 rings (SSSR count). The Kier molecular flexibility index (Phi) is 2.49. The lowest BCUT2D eigenvalue weighted by molar-refractivity contribution is 0.534. The van der Waals surface area contributed by atoms with Crippen LogP contribution >= 0.6 is 0 Å². The Hall–Kier alpha value is -2.35. The lowest BCUT2D eigenvalue weighted by Gasteiger charge is -2.04. The number of rotatable bonds is 1. The highest BCUT2D eigenvalue weighted by atomic mass is 16.4. The molecule has 0 aliphatic heterocycles. The first-order valence-corrected chi connectivity index (χ1v) is 5.84. The molecule has 2 heteroatoms. The van der Waals surface area contributed by atoms with Gasteiger partial charge in [-0.15, -0.1) is 0 Å². The largest absolute Gasteiger partial charge is 0.422 e. The fourth-order valence-corrected chi connectivity index (χ4v) is 2.16. The van der Waals surface area contributed by atoms with Crippen LogP contribution in [0.1, 0.15) is 5.56 Å². The summed E-state index contributed by atoms with van der Waals surface area (Å²) in [7, 11) is 0. The zero-order chi connectivity index (χ0) is 12.5. The van der Waals surface area contributed by atoms with Crippen LogP contribution in [-0.4, -0.2) is 0 Å². The van der Waals surface area contributed by atoms with Crippen molar-refractivity contribution in [2.45, 2.75) is 6.92 Å². The van der Waals surface area contributed by atoms with Crippen LogP contribution in [0.3, 0.4) is 0 Å². The van der Waals surface area contributed by atoms with E-state index in [4.69, 9.17) is 4.42 Å². The molecule has 0 unspecified atom stereocenters. The number of benzene rings is 2. The maximum Gasteiger partial charge on any atom is 0.344 e. The second-order valence-electron chi connectivity index (χ2n) is 4.30. The smallest absolute Gasteiger partial charge is 0.344 e. The molecule has 0 saturated carbocycles. The van der Waals surface area contributed by atoms with Gasteiger partial charge in [0, 0.05) is 5.56 Å². The highest BCUT2D eigenvalue weighted by Crippen LogP contribution is 2.22. The fraction of sp³-hybridized carbons (Fsp3) is 0.0625. The SMILES string of the molecule is Cc1cccc2cc(-c3ccccc3)oc(=O)c12. The topological polar surface area (TPSA) is 30.2 Å². The maximum atomic E-state index is 12.0. The minimum absolute atomic E-state index is 0.274. The van der Waals surface area contributed by atoms with Crippen LogP contribution in [0.2, 0.25) is 0 Å². The van der Waals surface area contributed by atoms with Gasteiger partial charge in [0.05, 0.1) is 5.39 Å². The van der Waals surface area contributed by atoms with Crippen molar-refractivity contribution >= 4 is 10.8 Å². The summed E-state index contributed by atoms with van der Waals surface area (Å²) in [4.78, 5) is 12.0. The molecule has 0 radical (unpaired) electrons. The second-order valence-corrected chi connectivity index (χ2v) is 4.30. The number of fused-ring (bicyclic) bond motifs is 1. The minimum atomic E-state index is -0.274. The Morgan fingerprint density at radius 1 is 0.944 bits per heavy atom. The molecule has 0 fully saturated rings. The number of aryl methyl sites for hydroxylation is 1. The van der Waals surface area contributed by atoms with E-state index in [2.05, 4.69) is 0 Å². The van der Waals surface area contributed by atoms with Gasteiger partial charge in [-0.1, -0.05) is 48.5 Å². The van der Waals surface area contributed by atoms with Crippen molar-refractivity contribution in [1.82, 2.24) is 0 Å². The third kappa shape index (κ3) is 1.72. The molecule has 0 N–H and O–H groups in total. The van der Waals surface area contributed by atoms with Gasteiger partial charge in [-0.2, -0.15) is 0 Å². The van der Waals surface area contributed by atoms with E-state index in [0.29, 0.717) is 11.1 Å². The number of hydrogen-bond donors (Lipinski definition) is 0. The first-order chi connectivity index (χ1) is 8.75. The molecule has 0 saturated heterocycles. The van der Waals surface area contributed by atoms with E-state index in [1.54, 1.807) is 0 Å². The Bertz CT molecular complexity index is 755. The Labute approximate surface area is 105 Å². The quantitative estimate of drug-likeness (QED) is 0.643. The van der Waals surface area contributed by atoms with E-state index in [1.807, 2.05) is 61.5 Å². The summed E-state index contributed by atoms with van der Waals surface area (Å²) in [5, 5.41) is 1.59. The molecule has 0 bridgehead atoms. The van der Waals surface area contributed by atoms with Crippen molar-refractivity contribution in [2.24, 2.45) is 0 Å². The molecule has 88 valence electrons. The van der Waals surface area contributed by atoms with E-state index in [-0.39, 0.29) is 5.63 Å². The minimum Gasteiger partial charge on any atom is -0.422 e. The predicted octanol–water partition coefficient (Wildman–Crippen LogP) is 3.77. The molecule has 2 aromatic carbocycles. The van der Waals surface area contributed by atoms with E-state index in [9.17, 15) is 4.79 Å². The molecule has 0 amide bonds. The van der Waals surface area contributed by atoms with Gasteiger partial charge in [0.1, 0.15) is 5.76 Å². The van der Waals surface area contributed by atoms with Crippen LogP contribution < -0.4 is 5.63 Å². The predicted molar refractivity (Wildman–Crippen MR) is 72.7 cm³/mol. The zero-order valence-electron chi connectivity index (χ0n) is 10.0. The van der Waals surface area contributed by atoms with Crippen LogP contribution in [0.25, 0.3) is 22.1 Å². The molecule has 0 spiro atoms. The third-order valence-corrected chi connectivity index (χ3v) is 3.06. The van der Waals surface area contributed by atoms with Crippen molar-refractivity contribution in [3.05, 3.63) is 70.6 Å². The average Bonchev–Trinajstić information content (AvgIpc) is 2.39. The zero-order valence-corrected chi connectivity index (χ0v) is 10.0. The van der Waals surface area contributed by atoms with Crippen molar-refractivity contribution in [3.63, 3.8) is 0 Å². The summed E-state index contributed by atoms with van der Waals surface area (Å²) in [5.41, 5.74) is 1.59. The van der Waals surface area contributed by atoms with Crippen molar-refractivity contribution in [2.75, 3.05) is 0 Å². The average molecular weight is 236 g/mol. The maximum absolute atomic E-state index is 12.0. The Morgan fingerprint density at radius 2 is 1.72 bits per heavy atom. The molecule has 2 nitrogen and oxygen atoms in total. The van der Waals surface area contributed by atoms with Crippen LogP contribution in [0.15, 0.2) is 63.8 Å². The summed E-state index contributed by atoms with van der Waals surface area (Å²) in [6, 6.07) is 17.4. The summed E-state index contributed by atoms with van der Waals surface area (Å²) in [6.45, 7) is 1.92. The van der Waals surface area contributed by atoms with Gasteiger partial charge in [0.2, 0.25) is 0 Å². The molecular weight excluding hydrogens is 224 g/mol. The summed E-state index contributed by atoms with van der Waals surface area (Å²) >= 11 is 0. The third-order valence-electron chi connectivity index (χ3n) is 3.06. The molecule has 0 atom stereocenters. The first-order valence-electron chi connectivity index (χ1n) is 5.84. The summed E-state index contributed by atoms with van der Waals surface area (Å²) in [6.07, 6.45) is 0. The summed E-state index contributed by atoms with van der Waals surface area (Å²) < 4.78 is 5.40. The molecule has 3 aromatic rings. The van der Waals surface area contributed by atoms with E-state index in [0.717, 1.165) is 16.5 Å². The van der Waals surface area contributed by atoms with Gasteiger partial charge in [0.15, 0.2) is 0 Å². The molecule has 18 heavy (non-hydrogen) atoms. The van der Waals surface area contributed by atoms with Crippen LogP contribution in [-0.2, 0) is 0 Å². The van der Waals surface area contributed by atoms with Crippen molar-refractivity contribution < 1.29 is 4.42 Å². The van der Waals surface area contributed by atoms with E-state index >= 15 is 0 Å². The monoisotopic (exact) mass is 236 g/mol. The number of hydrogen-bond acceptors (Lipinski definition) is 2. The van der Waals surface area contributed by atoms with Crippen LogP contribution in [0.4, 0.5) is 0 Å².